The van der Waals surface area contributed by atoms with E-state index in [1.165, 1.54) is 0 Å². The van der Waals surface area contributed by atoms with Gasteiger partial charge in [-0.1, -0.05) is 66.5 Å². The third-order valence-corrected chi connectivity index (χ3v) is 5.26. The fourth-order valence-electron chi connectivity index (χ4n) is 2.26. The molecule has 2 rings (SSSR count). The van der Waals surface area contributed by atoms with E-state index in [1.807, 2.05) is 52.0 Å². The molecule has 2 aromatic carbocycles. The maximum atomic E-state index is 12.6. The quantitative estimate of drug-likeness (QED) is 0.662. The van der Waals surface area contributed by atoms with Crippen molar-refractivity contribution in [1.82, 2.24) is 0 Å². The van der Waals surface area contributed by atoms with Crippen LogP contribution in [0.4, 0.5) is 0 Å². The predicted molar refractivity (Wildman–Crippen MR) is 95.8 cm³/mol. The van der Waals surface area contributed by atoms with E-state index in [0.717, 1.165) is 15.6 Å². The second-order valence-corrected chi connectivity index (χ2v) is 9.15. The first-order valence-corrected chi connectivity index (χ1v) is 9.55. The topological polar surface area (TPSA) is 43.4 Å². The van der Waals surface area contributed by atoms with Gasteiger partial charge in [0.2, 0.25) is 0 Å². The lowest BCUT2D eigenvalue weighted by molar-refractivity contribution is 0.0933. The molecular weight excluding hydrogens is 376 g/mol. The van der Waals surface area contributed by atoms with Crippen molar-refractivity contribution in [3.05, 3.63) is 64.1 Å². The van der Waals surface area contributed by atoms with Crippen LogP contribution in [0, 0.1) is 12.3 Å². The van der Waals surface area contributed by atoms with E-state index in [2.05, 4.69) is 15.9 Å². The van der Waals surface area contributed by atoms with Gasteiger partial charge < -0.3 is 0 Å². The van der Waals surface area contributed by atoms with Crippen LogP contribution in [-0.4, -0.2) is 8.42 Å². The Balaban J connectivity index is 2.40. The van der Waals surface area contributed by atoms with Gasteiger partial charge in [-0.25, -0.2) is 0 Å². The monoisotopic (exact) mass is 396 g/mol. The lowest BCUT2D eigenvalue weighted by atomic mass is 9.85. The molecule has 5 heteroatoms. The number of halogens is 1. The van der Waals surface area contributed by atoms with Gasteiger partial charge in [-0.15, -0.1) is 0 Å². The van der Waals surface area contributed by atoms with Crippen molar-refractivity contribution in [1.29, 1.82) is 0 Å². The summed E-state index contributed by atoms with van der Waals surface area (Å²) in [6.45, 7) is 7.80. The second-order valence-electron chi connectivity index (χ2n) is 6.66. The van der Waals surface area contributed by atoms with Crippen LogP contribution in [0.15, 0.2) is 57.9 Å². The Morgan fingerprint density at radius 3 is 2.17 bits per heavy atom. The first kappa shape index (κ1) is 18.2. The molecule has 3 nitrogen and oxygen atoms in total. The van der Waals surface area contributed by atoms with E-state index < -0.39 is 16.2 Å². The molecule has 0 amide bonds. The van der Waals surface area contributed by atoms with Crippen LogP contribution in [0.1, 0.15) is 38.0 Å². The third-order valence-electron chi connectivity index (χ3n) is 3.47. The van der Waals surface area contributed by atoms with Crippen LogP contribution < -0.4 is 0 Å². The van der Waals surface area contributed by atoms with E-state index >= 15 is 0 Å². The van der Waals surface area contributed by atoms with Gasteiger partial charge in [0.25, 0.3) is 10.1 Å². The molecule has 124 valence electrons. The molecule has 0 aliphatic heterocycles. The summed E-state index contributed by atoms with van der Waals surface area (Å²) in [7, 11) is -3.84. The van der Waals surface area contributed by atoms with Crippen molar-refractivity contribution in [3.8, 4) is 0 Å². The summed E-state index contributed by atoms with van der Waals surface area (Å²) in [6, 6.07) is 14.2. The van der Waals surface area contributed by atoms with Gasteiger partial charge in [0.05, 0.1) is 4.90 Å². The normalized spacial score (nSPS) is 13.8. The van der Waals surface area contributed by atoms with Crippen LogP contribution in [0.3, 0.4) is 0 Å². The Hall–Kier alpha value is -1.17. The van der Waals surface area contributed by atoms with Crippen molar-refractivity contribution < 1.29 is 12.6 Å². The van der Waals surface area contributed by atoms with Gasteiger partial charge in [0.1, 0.15) is 6.10 Å². The number of benzene rings is 2. The number of hydrogen-bond acceptors (Lipinski definition) is 3. The highest BCUT2D eigenvalue weighted by Crippen LogP contribution is 2.39. The van der Waals surface area contributed by atoms with Crippen LogP contribution in [-0.2, 0) is 14.3 Å². The third kappa shape index (κ3) is 4.66. The van der Waals surface area contributed by atoms with Crippen molar-refractivity contribution >= 4 is 26.0 Å². The minimum atomic E-state index is -3.84. The van der Waals surface area contributed by atoms with Crippen molar-refractivity contribution in [3.63, 3.8) is 0 Å². The Morgan fingerprint density at radius 1 is 1.04 bits per heavy atom. The lowest BCUT2D eigenvalue weighted by Crippen LogP contribution is -2.24. The van der Waals surface area contributed by atoms with E-state index in [-0.39, 0.29) is 10.3 Å². The maximum Gasteiger partial charge on any atom is 0.297 e. The first-order valence-electron chi connectivity index (χ1n) is 7.35. The zero-order valence-corrected chi connectivity index (χ0v) is 16.1. The summed E-state index contributed by atoms with van der Waals surface area (Å²) in [5.41, 5.74) is 1.45. The average molecular weight is 397 g/mol. The molecule has 1 unspecified atom stereocenters. The van der Waals surface area contributed by atoms with E-state index in [0.29, 0.717) is 0 Å². The highest BCUT2D eigenvalue weighted by Gasteiger charge is 2.32. The summed E-state index contributed by atoms with van der Waals surface area (Å²) in [5.74, 6) is 0. The molecule has 0 spiro atoms. The molecule has 0 saturated heterocycles. The Morgan fingerprint density at radius 2 is 1.65 bits per heavy atom. The Labute approximate surface area is 146 Å². The highest BCUT2D eigenvalue weighted by atomic mass is 79.9. The van der Waals surface area contributed by atoms with Crippen LogP contribution in [0.5, 0.6) is 0 Å². The number of aryl methyl sites for hydroxylation is 1. The largest absolute Gasteiger partial charge is 0.297 e. The maximum absolute atomic E-state index is 12.6. The molecule has 23 heavy (non-hydrogen) atoms. The van der Waals surface area contributed by atoms with E-state index in [1.54, 1.807) is 24.3 Å². The molecule has 0 aliphatic rings. The number of hydrogen-bond donors (Lipinski definition) is 0. The zero-order valence-electron chi connectivity index (χ0n) is 13.7. The molecule has 0 saturated carbocycles. The van der Waals surface area contributed by atoms with Gasteiger partial charge >= 0.3 is 0 Å². The zero-order chi connectivity index (χ0) is 17.3. The second kappa shape index (κ2) is 6.75. The minimum Gasteiger partial charge on any atom is -0.258 e. The smallest absolute Gasteiger partial charge is 0.258 e. The van der Waals surface area contributed by atoms with Crippen LogP contribution >= 0.6 is 15.9 Å². The van der Waals surface area contributed by atoms with Gasteiger partial charge in [-0.3, -0.25) is 4.18 Å². The van der Waals surface area contributed by atoms with E-state index in [9.17, 15) is 8.42 Å². The summed E-state index contributed by atoms with van der Waals surface area (Å²) in [6.07, 6.45) is -0.577. The van der Waals surface area contributed by atoms with Crippen LogP contribution in [0.25, 0.3) is 0 Å². The highest BCUT2D eigenvalue weighted by molar-refractivity contribution is 9.10. The Kier molecular flexibility index (Phi) is 5.33. The van der Waals surface area contributed by atoms with Crippen molar-refractivity contribution in [2.24, 2.45) is 5.41 Å². The predicted octanol–water partition coefficient (Wildman–Crippen LogP) is 5.25. The number of rotatable bonds is 4. The molecule has 0 N–H and O–H groups in total. The molecule has 1 atom stereocenters. The van der Waals surface area contributed by atoms with Crippen molar-refractivity contribution in [2.75, 3.05) is 0 Å². The van der Waals surface area contributed by atoms with E-state index in [4.69, 9.17) is 4.18 Å². The average Bonchev–Trinajstić information content (AvgIpc) is 2.44. The van der Waals surface area contributed by atoms with Crippen LogP contribution in [0.2, 0.25) is 0 Å². The fraction of sp³-hybridized carbons (Fsp3) is 0.333. The van der Waals surface area contributed by atoms with Gasteiger partial charge in [0, 0.05) is 4.47 Å². The molecule has 0 bridgehead atoms. The van der Waals surface area contributed by atoms with Gasteiger partial charge in [-0.2, -0.15) is 8.42 Å². The molecule has 0 heterocycles. The fourth-order valence-corrected chi connectivity index (χ4v) is 3.91. The first-order chi connectivity index (χ1) is 10.6. The lowest BCUT2D eigenvalue weighted by Gasteiger charge is -2.30. The summed E-state index contributed by atoms with van der Waals surface area (Å²) in [4.78, 5) is 0.173. The van der Waals surface area contributed by atoms with Crippen molar-refractivity contribution in [2.45, 2.75) is 38.7 Å². The van der Waals surface area contributed by atoms with Gasteiger partial charge in [-0.05, 0) is 42.2 Å². The summed E-state index contributed by atoms with van der Waals surface area (Å²) in [5, 5.41) is 0. The summed E-state index contributed by atoms with van der Waals surface area (Å²) < 4.78 is 31.8. The minimum absolute atomic E-state index is 0.173. The Bertz CT molecular complexity index is 775. The van der Waals surface area contributed by atoms with Gasteiger partial charge in [0.15, 0.2) is 0 Å². The molecule has 0 aromatic heterocycles. The standard InChI is InChI=1S/C18H21BrO3S/c1-13-8-10-16(11-9-13)23(20,21)22-17(18(2,3)4)14-6-5-7-15(19)12-14/h5-12,17H,1-4H3. The molecule has 0 fully saturated rings. The summed E-state index contributed by atoms with van der Waals surface area (Å²) >= 11 is 3.42. The molecule has 0 radical (unpaired) electrons. The molecule has 0 aliphatic carbocycles. The SMILES string of the molecule is Cc1ccc(S(=O)(=O)OC(c2cccc(Br)c2)C(C)(C)C)cc1. The molecular formula is C18H21BrO3S. The molecule has 2 aromatic rings.